The second kappa shape index (κ2) is 8.06. The molecule has 1 aliphatic heterocycles. The average Bonchev–Trinajstić information content (AvgIpc) is 3.13. The van der Waals surface area contributed by atoms with Gasteiger partial charge in [0.05, 0.1) is 4.90 Å². The Kier molecular flexibility index (Phi) is 5.99. The number of aryl methyl sites for hydroxylation is 2. The highest BCUT2D eigenvalue weighted by atomic mass is 32.2. The Balaban J connectivity index is 1.59. The Labute approximate surface area is 156 Å². The van der Waals surface area contributed by atoms with Gasteiger partial charge in [0.2, 0.25) is 15.9 Å². The van der Waals surface area contributed by atoms with Crippen LogP contribution >= 0.6 is 0 Å². The molecular weight excluding hydrogens is 350 g/mol. The molecule has 7 heteroatoms. The van der Waals surface area contributed by atoms with Crippen LogP contribution < -0.4 is 11.1 Å². The quantitative estimate of drug-likeness (QED) is 0.779. The number of benzene rings is 1. The number of fused-ring (bicyclic) bond motifs is 1. The Bertz CT molecular complexity index is 755. The standard InChI is InChI=1S/C19H29N3O3S/c1-14(12-20)13-21-19(23)16-7-9-22(10-8-16)26(24,25)18-6-5-15-3-2-4-17(15)11-18/h5-6,11,14,16H,2-4,7-10,12-13,20H2,1H3,(H,21,23). The molecule has 1 unspecified atom stereocenters. The number of nitrogens with two attached hydrogens (primary N) is 1. The topological polar surface area (TPSA) is 92.5 Å². The molecule has 1 heterocycles. The molecule has 2 aliphatic rings. The fourth-order valence-electron chi connectivity index (χ4n) is 3.72. The van der Waals surface area contributed by atoms with Gasteiger partial charge < -0.3 is 11.1 Å². The summed E-state index contributed by atoms with van der Waals surface area (Å²) in [5.74, 6) is 0.144. The Morgan fingerprint density at radius 2 is 1.96 bits per heavy atom. The van der Waals surface area contributed by atoms with Crippen molar-refractivity contribution in [1.29, 1.82) is 0 Å². The fraction of sp³-hybridized carbons (Fsp3) is 0.632. The van der Waals surface area contributed by atoms with Crippen molar-refractivity contribution in [2.24, 2.45) is 17.6 Å². The van der Waals surface area contributed by atoms with Crippen molar-refractivity contribution in [3.05, 3.63) is 29.3 Å². The van der Waals surface area contributed by atoms with Gasteiger partial charge in [0.15, 0.2) is 0 Å². The van der Waals surface area contributed by atoms with Gasteiger partial charge in [-0.3, -0.25) is 4.79 Å². The predicted octanol–water partition coefficient (Wildman–Crippen LogP) is 1.29. The molecule has 1 aromatic rings. The Morgan fingerprint density at radius 3 is 2.65 bits per heavy atom. The molecule has 1 saturated heterocycles. The van der Waals surface area contributed by atoms with Crippen molar-refractivity contribution in [3.8, 4) is 0 Å². The number of nitrogens with zero attached hydrogens (tertiary/aromatic N) is 1. The van der Waals surface area contributed by atoms with Crippen molar-refractivity contribution >= 4 is 15.9 Å². The molecule has 0 radical (unpaired) electrons. The number of piperidine rings is 1. The molecule has 1 aromatic carbocycles. The van der Waals surface area contributed by atoms with Gasteiger partial charge in [-0.1, -0.05) is 13.0 Å². The van der Waals surface area contributed by atoms with Crippen LogP contribution in [0.25, 0.3) is 0 Å². The van der Waals surface area contributed by atoms with E-state index in [4.69, 9.17) is 5.73 Å². The Morgan fingerprint density at radius 1 is 1.27 bits per heavy atom. The van der Waals surface area contributed by atoms with Gasteiger partial charge in [-0.2, -0.15) is 4.31 Å². The monoisotopic (exact) mass is 379 g/mol. The highest BCUT2D eigenvalue weighted by molar-refractivity contribution is 7.89. The van der Waals surface area contributed by atoms with Crippen LogP contribution in [-0.2, 0) is 27.7 Å². The summed E-state index contributed by atoms with van der Waals surface area (Å²) < 4.78 is 27.4. The van der Waals surface area contributed by atoms with E-state index < -0.39 is 10.0 Å². The number of amides is 1. The van der Waals surface area contributed by atoms with E-state index in [-0.39, 0.29) is 17.7 Å². The molecule has 1 amide bonds. The molecule has 0 saturated carbocycles. The van der Waals surface area contributed by atoms with E-state index in [0.717, 1.165) is 24.8 Å². The third-order valence-electron chi connectivity index (χ3n) is 5.56. The van der Waals surface area contributed by atoms with Crippen molar-refractivity contribution in [3.63, 3.8) is 0 Å². The highest BCUT2D eigenvalue weighted by Gasteiger charge is 2.32. The number of nitrogens with one attached hydrogen (secondary N) is 1. The zero-order valence-corrected chi connectivity index (χ0v) is 16.2. The van der Waals surface area contributed by atoms with Crippen LogP contribution in [0, 0.1) is 11.8 Å². The molecule has 6 nitrogen and oxygen atoms in total. The maximum Gasteiger partial charge on any atom is 0.243 e. The number of sulfonamides is 1. The maximum absolute atomic E-state index is 12.9. The van der Waals surface area contributed by atoms with Gasteiger partial charge in [0.1, 0.15) is 0 Å². The highest BCUT2D eigenvalue weighted by Crippen LogP contribution is 2.28. The van der Waals surface area contributed by atoms with E-state index in [0.29, 0.717) is 43.9 Å². The minimum Gasteiger partial charge on any atom is -0.356 e. The maximum atomic E-state index is 12.9. The molecule has 0 spiro atoms. The number of carbonyl (C=O) groups is 1. The van der Waals surface area contributed by atoms with E-state index in [1.165, 1.54) is 9.87 Å². The normalized spacial score (nSPS) is 19.9. The first-order valence-electron chi connectivity index (χ1n) is 9.51. The summed E-state index contributed by atoms with van der Waals surface area (Å²) in [6, 6.07) is 5.52. The van der Waals surface area contributed by atoms with Gasteiger partial charge >= 0.3 is 0 Å². The second-order valence-corrected chi connectivity index (χ2v) is 9.49. The van der Waals surface area contributed by atoms with Gasteiger partial charge in [0, 0.05) is 25.6 Å². The van der Waals surface area contributed by atoms with E-state index in [1.807, 2.05) is 19.1 Å². The van der Waals surface area contributed by atoms with Crippen LogP contribution in [0.1, 0.15) is 37.3 Å². The lowest BCUT2D eigenvalue weighted by atomic mass is 9.97. The van der Waals surface area contributed by atoms with Crippen LogP contribution in [0.3, 0.4) is 0 Å². The molecule has 26 heavy (non-hydrogen) atoms. The SMILES string of the molecule is CC(CN)CNC(=O)C1CCN(S(=O)(=O)c2ccc3c(c2)CCC3)CC1. The zero-order valence-electron chi connectivity index (χ0n) is 15.4. The molecule has 1 aliphatic carbocycles. The number of hydrogen-bond acceptors (Lipinski definition) is 4. The van der Waals surface area contributed by atoms with Crippen LogP contribution in [0.2, 0.25) is 0 Å². The molecule has 0 bridgehead atoms. The van der Waals surface area contributed by atoms with Crippen molar-refractivity contribution in [2.45, 2.75) is 43.9 Å². The van der Waals surface area contributed by atoms with Crippen molar-refractivity contribution in [1.82, 2.24) is 9.62 Å². The Hall–Kier alpha value is -1.44. The fourth-order valence-corrected chi connectivity index (χ4v) is 5.24. The smallest absolute Gasteiger partial charge is 0.243 e. The van der Waals surface area contributed by atoms with Crippen molar-refractivity contribution in [2.75, 3.05) is 26.2 Å². The van der Waals surface area contributed by atoms with Gasteiger partial charge in [-0.05, 0) is 67.8 Å². The van der Waals surface area contributed by atoms with Gasteiger partial charge in [-0.25, -0.2) is 8.42 Å². The summed E-state index contributed by atoms with van der Waals surface area (Å²) in [4.78, 5) is 12.6. The molecule has 1 atom stereocenters. The van der Waals surface area contributed by atoms with Crippen LogP contribution in [-0.4, -0.2) is 44.8 Å². The summed E-state index contributed by atoms with van der Waals surface area (Å²) in [6.45, 7) is 3.89. The first-order valence-corrected chi connectivity index (χ1v) is 11.0. The summed E-state index contributed by atoms with van der Waals surface area (Å²) in [7, 11) is -3.48. The first kappa shape index (κ1) is 19.3. The van der Waals surface area contributed by atoms with Crippen molar-refractivity contribution < 1.29 is 13.2 Å². The van der Waals surface area contributed by atoms with E-state index in [1.54, 1.807) is 6.07 Å². The number of hydrogen-bond donors (Lipinski definition) is 2. The molecule has 3 rings (SSSR count). The van der Waals surface area contributed by atoms with E-state index >= 15 is 0 Å². The predicted molar refractivity (Wildman–Crippen MR) is 101 cm³/mol. The molecule has 144 valence electrons. The second-order valence-electron chi connectivity index (χ2n) is 7.55. The zero-order chi connectivity index (χ0) is 18.7. The van der Waals surface area contributed by atoms with Crippen LogP contribution in [0.5, 0.6) is 0 Å². The third-order valence-corrected chi connectivity index (χ3v) is 7.45. The van der Waals surface area contributed by atoms with Gasteiger partial charge in [0.25, 0.3) is 0 Å². The van der Waals surface area contributed by atoms with Gasteiger partial charge in [-0.15, -0.1) is 0 Å². The summed E-state index contributed by atoms with van der Waals surface area (Å²) >= 11 is 0. The lowest BCUT2D eigenvalue weighted by Crippen LogP contribution is -2.44. The first-order chi connectivity index (χ1) is 12.4. The van der Waals surface area contributed by atoms with Crippen LogP contribution in [0.4, 0.5) is 0 Å². The average molecular weight is 380 g/mol. The van der Waals surface area contributed by atoms with E-state index in [2.05, 4.69) is 5.32 Å². The summed E-state index contributed by atoms with van der Waals surface area (Å²) in [5.41, 5.74) is 8.00. The van der Waals surface area contributed by atoms with Crippen LogP contribution in [0.15, 0.2) is 23.1 Å². The minimum absolute atomic E-state index is 0.0138. The largest absolute Gasteiger partial charge is 0.356 e. The molecule has 3 N–H and O–H groups in total. The number of carbonyl (C=O) groups excluding carboxylic acids is 1. The van der Waals surface area contributed by atoms with E-state index in [9.17, 15) is 13.2 Å². The molecule has 0 aromatic heterocycles. The summed E-state index contributed by atoms with van der Waals surface area (Å²) in [6.07, 6.45) is 4.23. The lowest BCUT2D eigenvalue weighted by molar-refractivity contribution is -0.126. The third kappa shape index (κ3) is 4.10. The minimum atomic E-state index is -3.48. The molecule has 1 fully saturated rings. The molecular formula is C19H29N3O3S. The lowest BCUT2D eigenvalue weighted by Gasteiger charge is -2.30. The number of rotatable bonds is 6. The summed E-state index contributed by atoms with van der Waals surface area (Å²) in [5, 5.41) is 2.93.